The first-order valence-electron chi connectivity index (χ1n) is 6.70. The van der Waals surface area contributed by atoms with Gasteiger partial charge in [0.05, 0.1) is 11.1 Å². The topological polar surface area (TPSA) is 99.1 Å². The normalized spacial score (nSPS) is 17.0. The number of nitrogens with one attached hydrogen (secondary N) is 1. The van der Waals surface area contributed by atoms with E-state index in [1.807, 2.05) is 19.3 Å². The van der Waals surface area contributed by atoms with Crippen LogP contribution in [0.3, 0.4) is 0 Å². The standard InChI is InChI=1S/C14H17N3O4/c1-8(2)7-11(15-20)12(16-21)17-13(18)9-5-3-4-6-10(9)14(17)19/h3-6,8,11-12,16,21H,7H2,1-2H3. The molecule has 0 saturated carbocycles. The molecule has 2 N–H and O–H groups in total. The van der Waals surface area contributed by atoms with Gasteiger partial charge < -0.3 is 5.21 Å². The molecule has 1 aromatic carbocycles. The van der Waals surface area contributed by atoms with E-state index in [1.165, 1.54) is 12.1 Å². The fourth-order valence-electron chi connectivity index (χ4n) is 2.49. The summed E-state index contributed by atoms with van der Waals surface area (Å²) < 4.78 is 0. The van der Waals surface area contributed by atoms with Crippen molar-refractivity contribution in [3.8, 4) is 0 Å². The number of carbonyl (C=O) groups is 2. The van der Waals surface area contributed by atoms with Crippen LogP contribution < -0.4 is 5.48 Å². The predicted octanol–water partition coefficient (Wildman–Crippen LogP) is 1.77. The Labute approximate surface area is 121 Å². The molecule has 0 fully saturated rings. The van der Waals surface area contributed by atoms with Gasteiger partial charge in [0, 0.05) is 0 Å². The van der Waals surface area contributed by atoms with E-state index in [-0.39, 0.29) is 17.0 Å². The zero-order valence-corrected chi connectivity index (χ0v) is 11.8. The second-order valence-corrected chi connectivity index (χ2v) is 5.40. The monoisotopic (exact) mass is 291 g/mol. The molecule has 0 aromatic heterocycles. The Kier molecular flexibility index (Phi) is 4.44. The number of fused-ring (bicyclic) bond motifs is 1. The van der Waals surface area contributed by atoms with E-state index in [9.17, 15) is 19.7 Å². The molecule has 2 amide bonds. The minimum Gasteiger partial charge on any atom is -0.315 e. The first-order valence-corrected chi connectivity index (χ1v) is 6.70. The summed E-state index contributed by atoms with van der Waals surface area (Å²) in [4.78, 5) is 36.5. The lowest BCUT2D eigenvalue weighted by atomic mass is 10.0. The lowest BCUT2D eigenvalue weighted by molar-refractivity contribution is 0.0175. The van der Waals surface area contributed by atoms with Gasteiger partial charge in [-0.25, -0.2) is 0 Å². The first-order chi connectivity index (χ1) is 10.0. The third-order valence-corrected chi connectivity index (χ3v) is 3.45. The number of hydrogen-bond acceptors (Lipinski definition) is 6. The van der Waals surface area contributed by atoms with Gasteiger partial charge in [-0.3, -0.25) is 14.5 Å². The molecule has 1 heterocycles. The second-order valence-electron chi connectivity index (χ2n) is 5.40. The molecule has 0 bridgehead atoms. The van der Waals surface area contributed by atoms with Crippen molar-refractivity contribution < 1.29 is 14.8 Å². The van der Waals surface area contributed by atoms with E-state index >= 15 is 0 Å². The van der Waals surface area contributed by atoms with Crippen LogP contribution in [0, 0.1) is 10.8 Å². The molecule has 1 aliphatic heterocycles. The van der Waals surface area contributed by atoms with Crippen LogP contribution in [0.15, 0.2) is 29.4 Å². The highest BCUT2D eigenvalue weighted by Gasteiger charge is 2.43. The summed E-state index contributed by atoms with van der Waals surface area (Å²) in [6.07, 6.45) is -0.827. The number of nitrogens with zero attached hydrogens (tertiary/aromatic N) is 2. The molecule has 0 radical (unpaired) electrons. The number of hydroxylamine groups is 1. The van der Waals surface area contributed by atoms with E-state index in [4.69, 9.17) is 0 Å². The molecule has 7 heteroatoms. The van der Waals surface area contributed by atoms with Gasteiger partial charge in [-0.15, -0.1) is 0 Å². The Morgan fingerprint density at radius 3 is 2.10 bits per heavy atom. The van der Waals surface area contributed by atoms with Crippen molar-refractivity contribution >= 4 is 11.8 Å². The van der Waals surface area contributed by atoms with Gasteiger partial charge in [0.15, 0.2) is 0 Å². The maximum Gasteiger partial charge on any atom is 0.263 e. The summed E-state index contributed by atoms with van der Waals surface area (Å²) in [6.45, 7) is 3.77. The molecule has 2 atom stereocenters. The largest absolute Gasteiger partial charge is 0.315 e. The Morgan fingerprint density at radius 1 is 1.19 bits per heavy atom. The van der Waals surface area contributed by atoms with E-state index in [1.54, 1.807) is 12.1 Å². The van der Waals surface area contributed by atoms with E-state index in [0.29, 0.717) is 6.42 Å². The smallest absolute Gasteiger partial charge is 0.263 e. The third kappa shape index (κ3) is 2.70. The summed E-state index contributed by atoms with van der Waals surface area (Å²) in [6, 6.07) is 5.46. The van der Waals surface area contributed by atoms with Crippen LogP contribution in [0.5, 0.6) is 0 Å². The van der Waals surface area contributed by atoms with Gasteiger partial charge >= 0.3 is 0 Å². The average molecular weight is 291 g/mol. The van der Waals surface area contributed by atoms with Crippen LogP contribution in [-0.4, -0.2) is 34.1 Å². The van der Waals surface area contributed by atoms with Crippen LogP contribution in [0.25, 0.3) is 0 Å². The molecular weight excluding hydrogens is 274 g/mol. The fourth-order valence-corrected chi connectivity index (χ4v) is 2.49. The summed E-state index contributed by atoms with van der Waals surface area (Å²) >= 11 is 0. The summed E-state index contributed by atoms with van der Waals surface area (Å²) in [5.41, 5.74) is 2.41. The number of imide groups is 1. The summed E-state index contributed by atoms with van der Waals surface area (Å²) in [5, 5.41) is 12.3. The number of rotatable bonds is 6. The molecule has 21 heavy (non-hydrogen) atoms. The molecule has 2 unspecified atom stereocenters. The SMILES string of the molecule is CC(C)CC(N=O)C(NO)N1C(=O)c2ccccc2C1=O. The van der Waals surface area contributed by atoms with Crippen molar-refractivity contribution in [2.24, 2.45) is 11.1 Å². The number of benzene rings is 1. The minimum atomic E-state index is -1.17. The van der Waals surface area contributed by atoms with Gasteiger partial charge in [0.1, 0.15) is 12.2 Å². The predicted molar refractivity (Wildman–Crippen MR) is 74.7 cm³/mol. The van der Waals surface area contributed by atoms with Crippen LogP contribution in [0.4, 0.5) is 0 Å². The Balaban J connectivity index is 2.34. The summed E-state index contributed by atoms with van der Waals surface area (Å²) in [5.74, 6) is -0.960. The first kappa shape index (κ1) is 15.3. The van der Waals surface area contributed by atoms with Crippen molar-refractivity contribution in [3.63, 3.8) is 0 Å². The highest BCUT2D eigenvalue weighted by atomic mass is 16.5. The molecule has 0 spiro atoms. The minimum absolute atomic E-state index is 0.124. The lowest BCUT2D eigenvalue weighted by Crippen LogP contribution is -2.54. The van der Waals surface area contributed by atoms with E-state index in [0.717, 1.165) is 4.90 Å². The van der Waals surface area contributed by atoms with Gasteiger partial charge in [0.2, 0.25) is 0 Å². The van der Waals surface area contributed by atoms with E-state index < -0.39 is 24.0 Å². The summed E-state index contributed by atoms with van der Waals surface area (Å²) in [7, 11) is 0. The van der Waals surface area contributed by atoms with Gasteiger partial charge in [-0.2, -0.15) is 10.4 Å². The maximum atomic E-state index is 12.3. The zero-order chi connectivity index (χ0) is 15.6. The molecular formula is C14H17N3O4. The molecule has 0 aliphatic carbocycles. The number of nitroso groups, excluding NO2 is 1. The number of amides is 2. The van der Waals surface area contributed by atoms with E-state index in [2.05, 4.69) is 5.18 Å². The quantitative estimate of drug-likeness (QED) is 0.473. The highest BCUT2D eigenvalue weighted by Crippen LogP contribution is 2.26. The molecule has 1 aliphatic rings. The van der Waals surface area contributed by atoms with Gasteiger partial charge in [-0.1, -0.05) is 31.2 Å². The Hall–Kier alpha value is -2.12. The lowest BCUT2D eigenvalue weighted by Gasteiger charge is -2.28. The number of carbonyl (C=O) groups excluding carboxylic acids is 2. The third-order valence-electron chi connectivity index (χ3n) is 3.45. The average Bonchev–Trinajstić information content (AvgIpc) is 2.72. The van der Waals surface area contributed by atoms with Gasteiger partial charge in [-0.05, 0) is 24.5 Å². The van der Waals surface area contributed by atoms with Crippen LogP contribution >= 0.6 is 0 Å². The highest BCUT2D eigenvalue weighted by molar-refractivity contribution is 6.21. The maximum absolute atomic E-state index is 12.3. The molecule has 112 valence electrons. The zero-order valence-electron chi connectivity index (χ0n) is 11.8. The van der Waals surface area contributed by atoms with Crippen LogP contribution in [-0.2, 0) is 0 Å². The molecule has 0 saturated heterocycles. The Morgan fingerprint density at radius 2 is 1.71 bits per heavy atom. The fraction of sp³-hybridized carbons (Fsp3) is 0.429. The molecule has 2 rings (SSSR count). The van der Waals surface area contributed by atoms with Gasteiger partial charge in [0.25, 0.3) is 11.8 Å². The number of hydrogen-bond donors (Lipinski definition) is 2. The van der Waals surface area contributed by atoms with Crippen molar-refractivity contribution in [1.29, 1.82) is 0 Å². The van der Waals surface area contributed by atoms with Crippen molar-refractivity contribution in [2.45, 2.75) is 32.5 Å². The van der Waals surface area contributed by atoms with Crippen LogP contribution in [0.1, 0.15) is 41.0 Å². The van der Waals surface area contributed by atoms with Crippen LogP contribution in [0.2, 0.25) is 0 Å². The van der Waals surface area contributed by atoms with Crippen molar-refractivity contribution in [2.75, 3.05) is 0 Å². The van der Waals surface area contributed by atoms with Crippen molar-refractivity contribution in [1.82, 2.24) is 10.4 Å². The van der Waals surface area contributed by atoms with Crippen molar-refractivity contribution in [3.05, 3.63) is 40.3 Å². The Bertz CT molecular complexity index is 538. The molecule has 1 aromatic rings. The molecule has 7 nitrogen and oxygen atoms in total. The second kappa shape index (κ2) is 6.11.